The molecule has 0 aromatic carbocycles. The van der Waals surface area contributed by atoms with Gasteiger partial charge >= 0.3 is 0 Å². The van der Waals surface area contributed by atoms with Crippen LogP contribution in [0.15, 0.2) is 17.5 Å². The minimum atomic E-state index is 0. The van der Waals surface area contributed by atoms with Crippen molar-refractivity contribution in [3.05, 3.63) is 22.4 Å². The van der Waals surface area contributed by atoms with E-state index in [1.165, 1.54) is 4.88 Å². The van der Waals surface area contributed by atoms with E-state index < -0.39 is 0 Å². The Morgan fingerprint density at radius 1 is 1.32 bits per heavy atom. The lowest BCUT2D eigenvalue weighted by Gasteiger charge is -2.30. The number of rotatable bonds is 2. The fourth-order valence-electron chi connectivity index (χ4n) is 3.11. The average molecular weight is 301 g/mol. The van der Waals surface area contributed by atoms with Gasteiger partial charge in [-0.2, -0.15) is 0 Å². The van der Waals surface area contributed by atoms with Crippen molar-refractivity contribution in [2.45, 2.75) is 31.7 Å². The van der Waals surface area contributed by atoms with Crippen molar-refractivity contribution in [1.29, 1.82) is 0 Å². The zero-order chi connectivity index (χ0) is 12.4. The van der Waals surface area contributed by atoms with Crippen LogP contribution < -0.4 is 5.32 Å². The summed E-state index contributed by atoms with van der Waals surface area (Å²) >= 11 is 1.78. The Kier molecular flexibility index (Phi) is 5.25. The van der Waals surface area contributed by atoms with Gasteiger partial charge in [0, 0.05) is 17.3 Å². The third kappa shape index (κ3) is 3.12. The number of hydrogen-bond donors (Lipinski definition) is 1. The molecule has 1 aromatic rings. The summed E-state index contributed by atoms with van der Waals surface area (Å²) in [6.45, 7) is 2.94. The third-order valence-electron chi connectivity index (χ3n) is 4.10. The monoisotopic (exact) mass is 300 g/mol. The molecule has 0 radical (unpaired) electrons. The zero-order valence-electron chi connectivity index (χ0n) is 11.0. The van der Waals surface area contributed by atoms with Gasteiger partial charge in [0.05, 0.1) is 6.04 Å². The van der Waals surface area contributed by atoms with E-state index in [-0.39, 0.29) is 18.3 Å². The molecule has 2 aliphatic rings. The highest BCUT2D eigenvalue weighted by molar-refractivity contribution is 7.10. The van der Waals surface area contributed by atoms with E-state index in [0.29, 0.717) is 11.9 Å². The Bertz CT molecular complexity index is 404. The predicted octanol–water partition coefficient (Wildman–Crippen LogP) is 2.83. The molecule has 3 heterocycles. The van der Waals surface area contributed by atoms with Crippen molar-refractivity contribution in [2.24, 2.45) is 5.92 Å². The van der Waals surface area contributed by atoms with Crippen LogP contribution in [0.3, 0.4) is 0 Å². The summed E-state index contributed by atoms with van der Waals surface area (Å²) in [5, 5.41) is 5.44. The van der Waals surface area contributed by atoms with Gasteiger partial charge in [0.15, 0.2) is 0 Å². The summed E-state index contributed by atoms with van der Waals surface area (Å²) in [5.41, 5.74) is 0. The van der Waals surface area contributed by atoms with Gasteiger partial charge in [-0.05, 0) is 50.2 Å². The topological polar surface area (TPSA) is 32.3 Å². The Labute approximate surface area is 124 Å². The number of carbonyl (C=O) groups excluding carboxylic acids is 1. The summed E-state index contributed by atoms with van der Waals surface area (Å²) < 4.78 is 0. The van der Waals surface area contributed by atoms with E-state index in [4.69, 9.17) is 0 Å². The number of thiophene rings is 1. The number of nitrogens with zero attached hydrogens (tertiary/aromatic N) is 1. The van der Waals surface area contributed by atoms with E-state index in [2.05, 4.69) is 27.7 Å². The minimum absolute atomic E-state index is 0. The van der Waals surface area contributed by atoms with E-state index in [1.807, 2.05) is 0 Å². The maximum Gasteiger partial charge on any atom is 0.226 e. The molecule has 1 amide bonds. The smallest absolute Gasteiger partial charge is 0.226 e. The van der Waals surface area contributed by atoms with E-state index >= 15 is 0 Å². The van der Waals surface area contributed by atoms with Crippen LogP contribution in [-0.2, 0) is 4.79 Å². The molecule has 1 N–H and O–H groups in total. The summed E-state index contributed by atoms with van der Waals surface area (Å²) in [5.74, 6) is 0.652. The van der Waals surface area contributed by atoms with Gasteiger partial charge < -0.3 is 10.2 Å². The molecule has 19 heavy (non-hydrogen) atoms. The number of likely N-dealkylation sites (tertiary alicyclic amines) is 1. The number of piperidine rings is 1. The lowest BCUT2D eigenvalue weighted by atomic mass is 9.96. The molecule has 106 valence electrons. The fraction of sp³-hybridized carbons (Fsp3) is 0.643. The standard InChI is InChI=1S/C14H20N2OS.ClH/c17-14(11-5-7-15-8-6-11)16-9-1-3-12(16)13-4-2-10-18-13;/h2,4,10-12,15H,1,3,5-9H2;1H. The maximum absolute atomic E-state index is 12.6. The maximum atomic E-state index is 12.6. The van der Waals surface area contributed by atoms with Crippen LogP contribution in [0.25, 0.3) is 0 Å². The normalized spacial score (nSPS) is 24.2. The van der Waals surface area contributed by atoms with E-state index in [0.717, 1.165) is 45.3 Å². The molecular weight excluding hydrogens is 280 g/mol. The lowest BCUT2D eigenvalue weighted by Crippen LogP contribution is -2.40. The van der Waals surface area contributed by atoms with Crippen LogP contribution in [-0.4, -0.2) is 30.4 Å². The van der Waals surface area contributed by atoms with Crippen LogP contribution in [0.5, 0.6) is 0 Å². The van der Waals surface area contributed by atoms with Gasteiger partial charge in [-0.25, -0.2) is 0 Å². The Hall–Kier alpha value is -0.580. The number of carbonyl (C=O) groups is 1. The minimum Gasteiger partial charge on any atom is -0.335 e. The molecule has 1 aromatic heterocycles. The molecule has 0 spiro atoms. The second kappa shape index (κ2) is 6.73. The molecule has 0 bridgehead atoms. The number of halogens is 1. The summed E-state index contributed by atoms with van der Waals surface area (Å²) in [4.78, 5) is 16.1. The van der Waals surface area contributed by atoms with Crippen molar-refractivity contribution >= 4 is 29.7 Å². The summed E-state index contributed by atoms with van der Waals surface area (Å²) in [7, 11) is 0. The molecule has 2 aliphatic heterocycles. The third-order valence-corrected chi connectivity index (χ3v) is 5.07. The van der Waals surface area contributed by atoms with Gasteiger partial charge in [0.1, 0.15) is 0 Å². The first-order valence-corrected chi connectivity index (χ1v) is 7.79. The molecular formula is C14H21ClN2OS. The highest BCUT2D eigenvalue weighted by Gasteiger charge is 2.34. The first-order valence-electron chi connectivity index (χ1n) is 6.91. The molecule has 0 aliphatic carbocycles. The number of nitrogens with one attached hydrogen (secondary N) is 1. The zero-order valence-corrected chi connectivity index (χ0v) is 12.6. The predicted molar refractivity (Wildman–Crippen MR) is 80.8 cm³/mol. The van der Waals surface area contributed by atoms with Gasteiger partial charge in [0.2, 0.25) is 5.91 Å². The Morgan fingerprint density at radius 3 is 2.79 bits per heavy atom. The molecule has 1 unspecified atom stereocenters. The molecule has 1 atom stereocenters. The number of hydrogen-bond acceptors (Lipinski definition) is 3. The summed E-state index contributed by atoms with van der Waals surface area (Å²) in [6.07, 6.45) is 4.30. The van der Waals surface area contributed by atoms with Gasteiger partial charge in [-0.15, -0.1) is 23.7 Å². The van der Waals surface area contributed by atoms with Crippen LogP contribution in [0.1, 0.15) is 36.6 Å². The molecule has 2 fully saturated rings. The van der Waals surface area contributed by atoms with E-state index in [9.17, 15) is 4.79 Å². The second-order valence-electron chi connectivity index (χ2n) is 5.23. The van der Waals surface area contributed by atoms with Gasteiger partial charge in [0.25, 0.3) is 0 Å². The van der Waals surface area contributed by atoms with Crippen molar-refractivity contribution in [3.8, 4) is 0 Å². The molecule has 3 rings (SSSR count). The van der Waals surface area contributed by atoms with Crippen LogP contribution in [0.4, 0.5) is 0 Å². The fourth-order valence-corrected chi connectivity index (χ4v) is 3.98. The molecule has 3 nitrogen and oxygen atoms in total. The summed E-state index contributed by atoms with van der Waals surface area (Å²) in [6, 6.07) is 4.61. The molecule has 0 saturated carbocycles. The van der Waals surface area contributed by atoms with Crippen LogP contribution in [0.2, 0.25) is 0 Å². The van der Waals surface area contributed by atoms with Crippen molar-refractivity contribution in [1.82, 2.24) is 10.2 Å². The van der Waals surface area contributed by atoms with Gasteiger partial charge in [-0.1, -0.05) is 6.07 Å². The Balaban J connectivity index is 0.00000133. The first-order chi connectivity index (χ1) is 8.86. The highest BCUT2D eigenvalue weighted by Crippen LogP contribution is 2.36. The van der Waals surface area contributed by atoms with Crippen molar-refractivity contribution in [2.75, 3.05) is 19.6 Å². The Morgan fingerprint density at radius 2 is 2.11 bits per heavy atom. The SMILES string of the molecule is Cl.O=C(C1CCNCC1)N1CCCC1c1cccs1. The lowest BCUT2D eigenvalue weighted by molar-refractivity contribution is -0.137. The number of amides is 1. The highest BCUT2D eigenvalue weighted by atomic mass is 35.5. The molecule has 5 heteroatoms. The quantitative estimate of drug-likeness (QED) is 0.911. The van der Waals surface area contributed by atoms with Crippen LogP contribution >= 0.6 is 23.7 Å². The van der Waals surface area contributed by atoms with E-state index in [1.54, 1.807) is 11.3 Å². The van der Waals surface area contributed by atoms with Crippen molar-refractivity contribution in [3.63, 3.8) is 0 Å². The van der Waals surface area contributed by atoms with Crippen molar-refractivity contribution < 1.29 is 4.79 Å². The van der Waals surface area contributed by atoms with Gasteiger partial charge in [-0.3, -0.25) is 4.79 Å². The largest absolute Gasteiger partial charge is 0.335 e. The van der Waals surface area contributed by atoms with Crippen LogP contribution in [0, 0.1) is 5.92 Å². The second-order valence-corrected chi connectivity index (χ2v) is 6.21. The molecule has 2 saturated heterocycles. The first kappa shape index (κ1) is 14.8. The average Bonchev–Trinajstić information content (AvgIpc) is 3.09.